The number of thiophene rings is 2. The maximum Gasteiger partial charge on any atom is 0.346 e. The van der Waals surface area contributed by atoms with E-state index in [-0.39, 0.29) is 10.8 Å². The summed E-state index contributed by atoms with van der Waals surface area (Å²) < 4.78 is 0.922. The lowest BCUT2D eigenvalue weighted by Crippen LogP contribution is -2.08. The predicted molar refractivity (Wildman–Crippen MR) is 80.7 cm³/mol. The molecule has 0 saturated carbocycles. The van der Waals surface area contributed by atoms with Gasteiger partial charge in [0, 0.05) is 0 Å². The molecule has 0 unspecified atom stereocenters. The highest BCUT2D eigenvalue weighted by molar-refractivity contribution is 9.11. The number of anilines is 1. The summed E-state index contributed by atoms with van der Waals surface area (Å²) in [6.07, 6.45) is 0. The van der Waals surface area contributed by atoms with Gasteiger partial charge in [0.2, 0.25) is 0 Å². The van der Waals surface area contributed by atoms with Gasteiger partial charge >= 0.3 is 5.97 Å². The van der Waals surface area contributed by atoms with E-state index in [1.807, 2.05) is 6.92 Å². The first kappa shape index (κ1) is 14.2. The second-order valence-corrected chi connectivity index (χ2v) is 7.37. The third-order valence-electron chi connectivity index (χ3n) is 2.43. The summed E-state index contributed by atoms with van der Waals surface area (Å²) in [5.41, 5.74) is 1.65. The van der Waals surface area contributed by atoms with Crippen LogP contribution in [0.25, 0.3) is 0 Å². The van der Waals surface area contributed by atoms with Crippen LogP contribution in [0.1, 0.15) is 30.5 Å². The van der Waals surface area contributed by atoms with Crippen LogP contribution in [0, 0.1) is 13.8 Å². The van der Waals surface area contributed by atoms with Crippen LogP contribution in [0.4, 0.5) is 5.00 Å². The number of rotatable bonds is 3. The average Bonchev–Trinajstić information content (AvgIpc) is 2.83. The van der Waals surface area contributed by atoms with Gasteiger partial charge in [-0.1, -0.05) is 0 Å². The fourth-order valence-corrected chi connectivity index (χ4v) is 3.84. The maximum atomic E-state index is 12.0. The van der Waals surface area contributed by atoms with E-state index in [1.165, 1.54) is 11.3 Å². The third kappa shape index (κ3) is 3.05. The van der Waals surface area contributed by atoms with Crippen LogP contribution < -0.4 is 5.32 Å². The lowest BCUT2D eigenvalue weighted by atomic mass is 10.3. The molecule has 0 aromatic carbocycles. The van der Waals surface area contributed by atoms with Gasteiger partial charge in [-0.05, 0) is 53.0 Å². The molecule has 0 aliphatic rings. The van der Waals surface area contributed by atoms with Crippen molar-refractivity contribution in [3.63, 3.8) is 0 Å². The molecule has 2 rings (SSSR count). The fraction of sp³-hybridized carbons (Fsp3) is 0.167. The zero-order chi connectivity index (χ0) is 14.2. The Morgan fingerprint density at radius 2 is 1.89 bits per heavy atom. The molecule has 0 spiro atoms. The van der Waals surface area contributed by atoms with Crippen molar-refractivity contribution < 1.29 is 14.7 Å². The van der Waals surface area contributed by atoms with Crippen molar-refractivity contribution in [2.45, 2.75) is 13.8 Å². The van der Waals surface area contributed by atoms with Crippen LogP contribution in [0.15, 0.2) is 15.9 Å². The summed E-state index contributed by atoms with van der Waals surface area (Å²) in [5, 5.41) is 12.2. The van der Waals surface area contributed by atoms with Gasteiger partial charge in [0.15, 0.2) is 0 Å². The minimum atomic E-state index is -0.974. The summed E-state index contributed by atoms with van der Waals surface area (Å²) in [7, 11) is 0. The van der Waals surface area contributed by atoms with Gasteiger partial charge in [-0.25, -0.2) is 4.79 Å². The number of amides is 1. The first-order valence-electron chi connectivity index (χ1n) is 5.29. The van der Waals surface area contributed by atoms with Gasteiger partial charge in [0.1, 0.15) is 4.88 Å². The molecule has 4 nitrogen and oxygen atoms in total. The largest absolute Gasteiger partial charge is 0.477 e. The SMILES string of the molecule is Cc1cc(C(=O)Nc2cc(C)c(C(=O)O)s2)sc1Br. The number of nitrogens with one attached hydrogen (secondary N) is 1. The molecule has 2 N–H and O–H groups in total. The number of carboxylic acids is 1. The first-order chi connectivity index (χ1) is 8.88. The Morgan fingerprint density at radius 1 is 1.21 bits per heavy atom. The Morgan fingerprint density at radius 3 is 2.37 bits per heavy atom. The van der Waals surface area contributed by atoms with E-state index >= 15 is 0 Å². The maximum absolute atomic E-state index is 12.0. The van der Waals surface area contributed by atoms with E-state index in [0.717, 1.165) is 20.7 Å². The number of aryl methyl sites for hydroxylation is 2. The number of aromatic carboxylic acids is 1. The Balaban J connectivity index is 2.19. The van der Waals surface area contributed by atoms with Crippen molar-refractivity contribution in [2.24, 2.45) is 0 Å². The first-order valence-corrected chi connectivity index (χ1v) is 7.72. The lowest BCUT2D eigenvalue weighted by molar-refractivity contribution is 0.0701. The van der Waals surface area contributed by atoms with Crippen molar-refractivity contribution in [1.29, 1.82) is 0 Å². The Labute approximate surface area is 126 Å². The van der Waals surface area contributed by atoms with E-state index in [0.29, 0.717) is 15.4 Å². The quantitative estimate of drug-likeness (QED) is 0.865. The Bertz CT molecular complexity index is 640. The van der Waals surface area contributed by atoms with Crippen LogP contribution in [0.3, 0.4) is 0 Å². The van der Waals surface area contributed by atoms with E-state index < -0.39 is 5.97 Å². The molecule has 0 aliphatic carbocycles. The molecule has 0 saturated heterocycles. The Hall–Kier alpha value is -1.18. The van der Waals surface area contributed by atoms with E-state index in [9.17, 15) is 9.59 Å². The summed E-state index contributed by atoms with van der Waals surface area (Å²) in [4.78, 5) is 23.8. The molecule has 7 heteroatoms. The summed E-state index contributed by atoms with van der Waals surface area (Å²) in [6.45, 7) is 3.62. The standard InChI is InChI=1S/C12H10BrNO3S2/c1-5-4-8(19-9(5)12(16)17)14-11(15)7-3-6(2)10(13)18-7/h3-4H,1-2H3,(H,14,15)(H,16,17). The molecule has 2 aromatic rings. The van der Waals surface area contributed by atoms with E-state index in [4.69, 9.17) is 5.11 Å². The number of carbonyl (C=O) groups is 2. The molecule has 0 radical (unpaired) electrons. The summed E-state index contributed by atoms with van der Waals surface area (Å²) >= 11 is 5.78. The molecular formula is C12H10BrNO3S2. The lowest BCUT2D eigenvalue weighted by Gasteiger charge is -1.98. The molecular weight excluding hydrogens is 350 g/mol. The van der Waals surface area contributed by atoms with E-state index in [1.54, 1.807) is 19.1 Å². The minimum Gasteiger partial charge on any atom is -0.477 e. The van der Waals surface area contributed by atoms with Crippen LogP contribution >= 0.6 is 38.6 Å². The predicted octanol–water partition coefficient (Wildman–Crippen LogP) is 4.14. The molecule has 100 valence electrons. The van der Waals surface area contributed by atoms with Crippen LogP contribution in [-0.4, -0.2) is 17.0 Å². The highest BCUT2D eigenvalue weighted by Crippen LogP contribution is 2.30. The molecule has 0 bridgehead atoms. The van der Waals surface area contributed by atoms with Crippen molar-refractivity contribution in [3.8, 4) is 0 Å². The average molecular weight is 360 g/mol. The smallest absolute Gasteiger partial charge is 0.346 e. The van der Waals surface area contributed by atoms with Crippen molar-refractivity contribution in [2.75, 3.05) is 5.32 Å². The minimum absolute atomic E-state index is 0.225. The van der Waals surface area contributed by atoms with Gasteiger partial charge in [0.05, 0.1) is 13.7 Å². The zero-order valence-electron chi connectivity index (χ0n) is 10.1. The third-order valence-corrected chi connectivity index (χ3v) is 5.71. The molecule has 0 fully saturated rings. The number of halogens is 1. The molecule has 2 aromatic heterocycles. The molecule has 1 amide bonds. The highest BCUT2D eigenvalue weighted by Gasteiger charge is 2.16. The second kappa shape index (κ2) is 5.44. The normalized spacial score (nSPS) is 10.5. The van der Waals surface area contributed by atoms with Gasteiger partial charge in [-0.3, -0.25) is 4.79 Å². The van der Waals surface area contributed by atoms with Gasteiger partial charge in [0.25, 0.3) is 5.91 Å². The Kier molecular flexibility index (Phi) is 4.07. The van der Waals surface area contributed by atoms with Crippen molar-refractivity contribution >= 4 is 55.5 Å². The van der Waals surface area contributed by atoms with Crippen molar-refractivity contribution in [1.82, 2.24) is 0 Å². The van der Waals surface area contributed by atoms with E-state index in [2.05, 4.69) is 21.2 Å². The van der Waals surface area contributed by atoms with Gasteiger partial charge in [-0.2, -0.15) is 0 Å². The van der Waals surface area contributed by atoms with Crippen LogP contribution in [0.5, 0.6) is 0 Å². The molecule has 0 aliphatic heterocycles. The summed E-state index contributed by atoms with van der Waals surface area (Å²) in [5.74, 6) is -1.20. The summed E-state index contributed by atoms with van der Waals surface area (Å²) in [6, 6.07) is 3.46. The van der Waals surface area contributed by atoms with Crippen LogP contribution in [-0.2, 0) is 0 Å². The molecule has 19 heavy (non-hydrogen) atoms. The topological polar surface area (TPSA) is 66.4 Å². The number of hydrogen-bond donors (Lipinski definition) is 2. The van der Waals surface area contributed by atoms with Gasteiger partial charge in [-0.15, -0.1) is 22.7 Å². The molecule has 2 heterocycles. The number of carboxylic acid groups (broad SMARTS) is 1. The van der Waals surface area contributed by atoms with Crippen LogP contribution in [0.2, 0.25) is 0 Å². The fourth-order valence-electron chi connectivity index (χ4n) is 1.50. The van der Waals surface area contributed by atoms with Crippen molar-refractivity contribution in [3.05, 3.63) is 36.8 Å². The number of carbonyl (C=O) groups excluding carboxylic acids is 1. The second-order valence-electron chi connectivity index (χ2n) is 3.95. The highest BCUT2D eigenvalue weighted by atomic mass is 79.9. The van der Waals surface area contributed by atoms with Gasteiger partial charge < -0.3 is 10.4 Å². The zero-order valence-corrected chi connectivity index (χ0v) is 13.3. The number of hydrogen-bond acceptors (Lipinski definition) is 4. The monoisotopic (exact) mass is 359 g/mol. The molecule has 0 atom stereocenters.